The third-order valence-electron chi connectivity index (χ3n) is 1.67. The van der Waals surface area contributed by atoms with Gasteiger partial charge in [0.15, 0.2) is 0 Å². The lowest BCUT2D eigenvalue weighted by molar-refractivity contribution is -0.139. The van der Waals surface area contributed by atoms with Gasteiger partial charge in [0.2, 0.25) is 0 Å². The van der Waals surface area contributed by atoms with Gasteiger partial charge >= 0.3 is 12.0 Å². The molecule has 1 fully saturated rings. The Morgan fingerprint density at radius 2 is 2.27 bits per heavy atom. The van der Waals surface area contributed by atoms with Crippen molar-refractivity contribution in [2.45, 2.75) is 13.0 Å². The van der Waals surface area contributed by atoms with Gasteiger partial charge in [0.1, 0.15) is 6.04 Å². The third-order valence-corrected chi connectivity index (χ3v) is 2.68. The first-order valence-electron chi connectivity index (χ1n) is 4.48. The topological polar surface area (TPSA) is 84.5 Å². The summed E-state index contributed by atoms with van der Waals surface area (Å²) < 4.78 is 4.71. The van der Waals surface area contributed by atoms with E-state index in [9.17, 15) is 14.4 Å². The standard InChI is InChI=1S/C8H12N2O4S/c1-2-14-6(11)4-15-3-5-7(12)10-8(13)9-5/h5H,2-4H2,1H3,(H2,9,10,12,13)/t5-/m0/s1. The number of carbonyl (C=O) groups is 3. The Morgan fingerprint density at radius 1 is 1.53 bits per heavy atom. The van der Waals surface area contributed by atoms with Crippen LogP contribution in [0.1, 0.15) is 6.92 Å². The molecule has 3 amide bonds. The van der Waals surface area contributed by atoms with E-state index in [2.05, 4.69) is 10.6 Å². The van der Waals surface area contributed by atoms with Crippen molar-refractivity contribution in [1.82, 2.24) is 10.6 Å². The van der Waals surface area contributed by atoms with Crippen molar-refractivity contribution in [3.63, 3.8) is 0 Å². The number of ether oxygens (including phenoxy) is 1. The van der Waals surface area contributed by atoms with Crippen molar-refractivity contribution in [3.05, 3.63) is 0 Å². The highest BCUT2D eigenvalue weighted by molar-refractivity contribution is 8.00. The summed E-state index contributed by atoms with van der Waals surface area (Å²) in [5, 5.41) is 4.55. The van der Waals surface area contributed by atoms with Crippen molar-refractivity contribution in [3.8, 4) is 0 Å². The number of hydrogen-bond acceptors (Lipinski definition) is 5. The van der Waals surface area contributed by atoms with Gasteiger partial charge in [-0.15, -0.1) is 11.8 Å². The van der Waals surface area contributed by atoms with E-state index in [-0.39, 0.29) is 17.6 Å². The molecule has 0 radical (unpaired) electrons. The monoisotopic (exact) mass is 232 g/mol. The summed E-state index contributed by atoms with van der Waals surface area (Å²) >= 11 is 1.25. The SMILES string of the molecule is CCOC(=O)CSC[C@@H]1NC(=O)NC1=O. The van der Waals surface area contributed by atoms with Crippen LogP contribution in [0.3, 0.4) is 0 Å². The summed E-state index contributed by atoms with van der Waals surface area (Å²) in [4.78, 5) is 32.7. The first-order valence-corrected chi connectivity index (χ1v) is 5.63. The van der Waals surface area contributed by atoms with Gasteiger partial charge in [-0.05, 0) is 6.92 Å². The highest BCUT2D eigenvalue weighted by atomic mass is 32.2. The van der Waals surface area contributed by atoms with Gasteiger partial charge in [-0.3, -0.25) is 14.9 Å². The molecule has 0 spiro atoms. The summed E-state index contributed by atoms with van der Waals surface area (Å²) in [6.45, 7) is 2.08. The van der Waals surface area contributed by atoms with Gasteiger partial charge in [-0.1, -0.05) is 0 Å². The van der Waals surface area contributed by atoms with Crippen LogP contribution in [-0.2, 0) is 14.3 Å². The van der Waals surface area contributed by atoms with Crippen LogP contribution in [0, 0.1) is 0 Å². The molecule has 0 aromatic rings. The maximum Gasteiger partial charge on any atom is 0.322 e. The smallest absolute Gasteiger partial charge is 0.322 e. The van der Waals surface area contributed by atoms with Crippen molar-refractivity contribution in [1.29, 1.82) is 0 Å². The van der Waals surface area contributed by atoms with E-state index in [4.69, 9.17) is 4.74 Å². The molecule has 1 atom stereocenters. The number of imide groups is 1. The molecule has 2 N–H and O–H groups in total. The third kappa shape index (κ3) is 3.78. The van der Waals surface area contributed by atoms with E-state index in [0.29, 0.717) is 12.4 Å². The minimum absolute atomic E-state index is 0.188. The van der Waals surface area contributed by atoms with Crippen molar-refractivity contribution in [2.75, 3.05) is 18.1 Å². The highest BCUT2D eigenvalue weighted by Gasteiger charge is 2.29. The maximum atomic E-state index is 11.1. The Bertz CT molecular complexity index is 282. The molecule has 6 nitrogen and oxygen atoms in total. The molecule has 0 bridgehead atoms. The second-order valence-corrected chi connectivity index (χ2v) is 3.87. The molecule has 1 heterocycles. The normalized spacial score (nSPS) is 19.7. The summed E-state index contributed by atoms with van der Waals surface area (Å²) in [5.41, 5.74) is 0. The maximum absolute atomic E-state index is 11.1. The lowest BCUT2D eigenvalue weighted by Crippen LogP contribution is -2.31. The number of hydrogen-bond donors (Lipinski definition) is 2. The molecule has 0 saturated carbocycles. The number of nitrogens with one attached hydrogen (secondary N) is 2. The van der Waals surface area contributed by atoms with Crippen LogP contribution in [0.4, 0.5) is 4.79 Å². The first kappa shape index (κ1) is 11.8. The number of amides is 3. The zero-order chi connectivity index (χ0) is 11.3. The van der Waals surface area contributed by atoms with Gasteiger partial charge in [0.05, 0.1) is 12.4 Å². The molecule has 15 heavy (non-hydrogen) atoms. The zero-order valence-electron chi connectivity index (χ0n) is 8.24. The van der Waals surface area contributed by atoms with Gasteiger partial charge in [-0.2, -0.15) is 0 Å². The fourth-order valence-corrected chi connectivity index (χ4v) is 1.88. The number of carbonyl (C=O) groups excluding carboxylic acids is 3. The van der Waals surface area contributed by atoms with Crippen LogP contribution in [0.2, 0.25) is 0 Å². The molecule has 1 rings (SSSR count). The van der Waals surface area contributed by atoms with E-state index in [1.54, 1.807) is 6.92 Å². The molecule has 7 heteroatoms. The molecule has 0 aliphatic carbocycles. The van der Waals surface area contributed by atoms with E-state index in [1.165, 1.54) is 11.8 Å². The van der Waals surface area contributed by atoms with Crippen LogP contribution in [0.15, 0.2) is 0 Å². The van der Waals surface area contributed by atoms with Crippen LogP contribution in [0.25, 0.3) is 0 Å². The van der Waals surface area contributed by atoms with Gasteiger partial charge < -0.3 is 10.1 Å². The highest BCUT2D eigenvalue weighted by Crippen LogP contribution is 2.06. The number of rotatable bonds is 5. The van der Waals surface area contributed by atoms with Crippen LogP contribution >= 0.6 is 11.8 Å². The lowest BCUT2D eigenvalue weighted by atomic mass is 10.3. The molecule has 0 aromatic carbocycles. The van der Waals surface area contributed by atoms with Gasteiger partial charge in [0, 0.05) is 5.75 Å². The number of esters is 1. The van der Waals surface area contributed by atoms with Crippen LogP contribution in [0.5, 0.6) is 0 Å². The molecule has 1 aliphatic heterocycles. The fourth-order valence-electron chi connectivity index (χ4n) is 1.04. The Labute approximate surface area is 91.1 Å². The van der Waals surface area contributed by atoms with E-state index in [0.717, 1.165) is 0 Å². The minimum atomic E-state index is -0.545. The van der Waals surface area contributed by atoms with Crippen LogP contribution < -0.4 is 10.6 Å². The van der Waals surface area contributed by atoms with Crippen molar-refractivity contribution >= 4 is 29.7 Å². The lowest BCUT2D eigenvalue weighted by Gasteiger charge is -2.05. The van der Waals surface area contributed by atoms with Crippen molar-refractivity contribution in [2.24, 2.45) is 0 Å². The second kappa shape index (κ2) is 5.59. The first-order chi connectivity index (χ1) is 7.13. The minimum Gasteiger partial charge on any atom is -0.465 e. The van der Waals surface area contributed by atoms with Crippen molar-refractivity contribution < 1.29 is 19.1 Å². The predicted molar refractivity (Wildman–Crippen MR) is 54.4 cm³/mol. The largest absolute Gasteiger partial charge is 0.465 e. The molecule has 0 aromatic heterocycles. The molecule has 1 saturated heterocycles. The number of thioether (sulfide) groups is 1. The van der Waals surface area contributed by atoms with Crippen LogP contribution in [-0.4, -0.2) is 42.1 Å². The Balaban J connectivity index is 2.18. The van der Waals surface area contributed by atoms with Gasteiger partial charge in [-0.25, -0.2) is 4.79 Å². The van der Waals surface area contributed by atoms with E-state index >= 15 is 0 Å². The zero-order valence-corrected chi connectivity index (χ0v) is 9.06. The molecule has 84 valence electrons. The fraction of sp³-hybridized carbons (Fsp3) is 0.625. The summed E-state index contributed by atoms with van der Waals surface area (Å²) in [6, 6.07) is -1.03. The summed E-state index contributed by atoms with van der Waals surface area (Å²) in [7, 11) is 0. The summed E-state index contributed by atoms with van der Waals surface area (Å²) in [6.07, 6.45) is 0. The molecule has 0 unspecified atom stereocenters. The average molecular weight is 232 g/mol. The van der Waals surface area contributed by atoms with E-state index in [1.807, 2.05) is 0 Å². The second-order valence-electron chi connectivity index (χ2n) is 2.84. The Hall–Kier alpha value is -1.24. The Morgan fingerprint density at radius 3 is 2.80 bits per heavy atom. The summed E-state index contributed by atoms with van der Waals surface area (Å²) in [5.74, 6) is -0.104. The van der Waals surface area contributed by atoms with Gasteiger partial charge in [0.25, 0.3) is 5.91 Å². The quantitative estimate of drug-likeness (QED) is 0.492. The average Bonchev–Trinajstić information content (AvgIpc) is 2.46. The number of urea groups is 1. The molecule has 1 aliphatic rings. The molecular formula is C8H12N2O4S. The Kier molecular flexibility index (Phi) is 4.41. The van der Waals surface area contributed by atoms with E-state index < -0.39 is 12.1 Å². The molecular weight excluding hydrogens is 220 g/mol. The predicted octanol–water partition coefficient (Wildman–Crippen LogP) is -0.509.